The second kappa shape index (κ2) is 4.52. The third-order valence-corrected chi connectivity index (χ3v) is 3.16. The first-order chi connectivity index (χ1) is 5.74. The molecule has 0 unspecified atom stereocenters. The predicted octanol–water partition coefficient (Wildman–Crippen LogP) is 2.88. The standard InChI is InChI=1S/C8H8BrNOS/c1-10-8(11)12-7-5-3-2-4-6(7)9/h2-5H,1H3,(H,10,11). The molecule has 12 heavy (non-hydrogen) atoms. The summed E-state index contributed by atoms with van der Waals surface area (Å²) in [6, 6.07) is 7.61. The molecular formula is C8H8BrNOS. The Morgan fingerprint density at radius 1 is 1.50 bits per heavy atom. The molecule has 0 spiro atoms. The smallest absolute Gasteiger partial charge is 0.283 e. The first-order valence-corrected chi connectivity index (χ1v) is 4.99. The summed E-state index contributed by atoms with van der Waals surface area (Å²) in [5.74, 6) is 0. The second-order valence-corrected chi connectivity index (χ2v) is 3.94. The zero-order chi connectivity index (χ0) is 8.97. The van der Waals surface area contributed by atoms with Crippen molar-refractivity contribution in [2.75, 3.05) is 7.05 Å². The minimum atomic E-state index is -0.0538. The fourth-order valence-electron chi connectivity index (χ4n) is 0.678. The van der Waals surface area contributed by atoms with Gasteiger partial charge in [0.05, 0.1) is 0 Å². The summed E-state index contributed by atoms with van der Waals surface area (Å²) in [5.41, 5.74) is 0. The molecule has 1 amide bonds. The summed E-state index contributed by atoms with van der Waals surface area (Å²) < 4.78 is 0.943. The maximum absolute atomic E-state index is 11.0. The third kappa shape index (κ3) is 2.53. The van der Waals surface area contributed by atoms with Crippen LogP contribution >= 0.6 is 27.7 Å². The molecule has 0 saturated carbocycles. The molecule has 1 aromatic carbocycles. The zero-order valence-corrected chi connectivity index (χ0v) is 8.91. The number of hydrogen-bond donors (Lipinski definition) is 1. The Balaban J connectivity index is 2.75. The van der Waals surface area contributed by atoms with Crippen LogP contribution in [-0.4, -0.2) is 12.3 Å². The zero-order valence-electron chi connectivity index (χ0n) is 6.50. The molecule has 0 atom stereocenters. The molecule has 0 bridgehead atoms. The molecule has 0 saturated heterocycles. The minimum absolute atomic E-state index is 0.0538. The number of rotatable bonds is 1. The summed E-state index contributed by atoms with van der Waals surface area (Å²) in [5, 5.41) is 2.49. The maximum atomic E-state index is 11.0. The van der Waals surface area contributed by atoms with E-state index in [-0.39, 0.29) is 5.24 Å². The van der Waals surface area contributed by atoms with E-state index in [1.54, 1.807) is 7.05 Å². The van der Waals surface area contributed by atoms with Crippen molar-refractivity contribution >= 4 is 32.9 Å². The van der Waals surface area contributed by atoms with Gasteiger partial charge >= 0.3 is 0 Å². The molecule has 0 aliphatic carbocycles. The summed E-state index contributed by atoms with van der Waals surface area (Å²) in [6.07, 6.45) is 0. The molecular weight excluding hydrogens is 238 g/mol. The van der Waals surface area contributed by atoms with E-state index in [0.717, 1.165) is 9.37 Å². The van der Waals surface area contributed by atoms with Crippen LogP contribution in [0.25, 0.3) is 0 Å². The Bertz CT molecular complexity index is 290. The number of amides is 1. The van der Waals surface area contributed by atoms with Gasteiger partial charge in [-0.05, 0) is 39.8 Å². The number of nitrogens with one attached hydrogen (secondary N) is 1. The van der Waals surface area contributed by atoms with Gasteiger partial charge in [0.25, 0.3) is 5.24 Å². The summed E-state index contributed by atoms with van der Waals surface area (Å²) in [4.78, 5) is 11.9. The number of benzene rings is 1. The van der Waals surface area contributed by atoms with E-state index in [4.69, 9.17) is 0 Å². The number of thioether (sulfide) groups is 1. The SMILES string of the molecule is CNC(=O)Sc1ccccc1Br. The van der Waals surface area contributed by atoms with Crippen molar-refractivity contribution < 1.29 is 4.79 Å². The monoisotopic (exact) mass is 245 g/mol. The number of halogens is 1. The van der Waals surface area contributed by atoms with Crippen molar-refractivity contribution in [2.24, 2.45) is 0 Å². The van der Waals surface area contributed by atoms with Gasteiger partial charge < -0.3 is 5.32 Å². The van der Waals surface area contributed by atoms with E-state index in [2.05, 4.69) is 21.2 Å². The van der Waals surface area contributed by atoms with Crippen LogP contribution in [0.1, 0.15) is 0 Å². The van der Waals surface area contributed by atoms with Gasteiger partial charge in [0.15, 0.2) is 0 Å². The lowest BCUT2D eigenvalue weighted by Gasteiger charge is -2.00. The predicted molar refractivity (Wildman–Crippen MR) is 54.5 cm³/mol. The van der Waals surface area contributed by atoms with E-state index in [1.807, 2.05) is 24.3 Å². The van der Waals surface area contributed by atoms with Gasteiger partial charge in [-0.15, -0.1) is 0 Å². The highest BCUT2D eigenvalue weighted by Crippen LogP contribution is 2.26. The number of carbonyl (C=O) groups is 1. The topological polar surface area (TPSA) is 29.1 Å². The molecule has 0 aromatic heterocycles. The van der Waals surface area contributed by atoms with Crippen LogP contribution in [0.4, 0.5) is 4.79 Å². The van der Waals surface area contributed by atoms with Gasteiger partial charge in [0.1, 0.15) is 0 Å². The molecule has 64 valence electrons. The average Bonchev–Trinajstić information content (AvgIpc) is 2.09. The largest absolute Gasteiger partial charge is 0.350 e. The van der Waals surface area contributed by atoms with Crippen LogP contribution in [0.15, 0.2) is 33.6 Å². The lowest BCUT2D eigenvalue weighted by molar-refractivity contribution is 0.262. The van der Waals surface area contributed by atoms with E-state index < -0.39 is 0 Å². The molecule has 1 aromatic rings. The molecule has 0 fully saturated rings. The molecule has 1 rings (SSSR count). The van der Waals surface area contributed by atoms with Gasteiger partial charge in [-0.3, -0.25) is 4.79 Å². The quantitative estimate of drug-likeness (QED) is 0.772. The van der Waals surface area contributed by atoms with Crippen LogP contribution in [0, 0.1) is 0 Å². The van der Waals surface area contributed by atoms with Crippen molar-refractivity contribution in [1.29, 1.82) is 0 Å². The summed E-state index contributed by atoms with van der Waals surface area (Å²) >= 11 is 4.53. The van der Waals surface area contributed by atoms with E-state index >= 15 is 0 Å². The maximum Gasteiger partial charge on any atom is 0.283 e. The molecule has 0 heterocycles. The first-order valence-electron chi connectivity index (χ1n) is 3.38. The number of hydrogen-bond acceptors (Lipinski definition) is 2. The van der Waals surface area contributed by atoms with Crippen molar-refractivity contribution in [3.8, 4) is 0 Å². The average molecular weight is 246 g/mol. The molecule has 0 aliphatic heterocycles. The summed E-state index contributed by atoms with van der Waals surface area (Å²) in [6.45, 7) is 0. The Kier molecular flexibility index (Phi) is 3.62. The van der Waals surface area contributed by atoms with Crippen molar-refractivity contribution in [1.82, 2.24) is 5.32 Å². The van der Waals surface area contributed by atoms with Gasteiger partial charge in [0.2, 0.25) is 0 Å². The van der Waals surface area contributed by atoms with Crippen LogP contribution in [-0.2, 0) is 0 Å². The van der Waals surface area contributed by atoms with E-state index in [0.29, 0.717) is 0 Å². The van der Waals surface area contributed by atoms with E-state index in [1.165, 1.54) is 11.8 Å². The third-order valence-electron chi connectivity index (χ3n) is 1.24. The van der Waals surface area contributed by atoms with E-state index in [9.17, 15) is 4.79 Å². The molecule has 4 heteroatoms. The molecule has 1 N–H and O–H groups in total. The minimum Gasteiger partial charge on any atom is -0.350 e. The Labute approximate surface area is 83.9 Å². The van der Waals surface area contributed by atoms with Gasteiger partial charge in [-0.1, -0.05) is 12.1 Å². The van der Waals surface area contributed by atoms with Gasteiger partial charge in [-0.25, -0.2) is 0 Å². The molecule has 0 radical (unpaired) electrons. The highest BCUT2D eigenvalue weighted by atomic mass is 79.9. The van der Waals surface area contributed by atoms with Crippen molar-refractivity contribution in [2.45, 2.75) is 4.90 Å². The van der Waals surface area contributed by atoms with Crippen LogP contribution in [0.5, 0.6) is 0 Å². The Morgan fingerprint density at radius 3 is 2.75 bits per heavy atom. The van der Waals surface area contributed by atoms with Gasteiger partial charge in [0, 0.05) is 16.4 Å². The van der Waals surface area contributed by atoms with Gasteiger partial charge in [-0.2, -0.15) is 0 Å². The first kappa shape index (κ1) is 9.61. The molecule has 2 nitrogen and oxygen atoms in total. The number of carbonyl (C=O) groups excluding carboxylic acids is 1. The van der Waals surface area contributed by atoms with Crippen molar-refractivity contribution in [3.05, 3.63) is 28.7 Å². The highest BCUT2D eigenvalue weighted by Gasteiger charge is 2.03. The molecule has 0 aliphatic rings. The van der Waals surface area contributed by atoms with Crippen molar-refractivity contribution in [3.63, 3.8) is 0 Å². The summed E-state index contributed by atoms with van der Waals surface area (Å²) in [7, 11) is 1.62. The highest BCUT2D eigenvalue weighted by molar-refractivity contribution is 9.10. The van der Waals surface area contributed by atoms with Crippen LogP contribution in [0.2, 0.25) is 0 Å². The lowest BCUT2D eigenvalue weighted by Crippen LogP contribution is -2.10. The second-order valence-electron chi connectivity index (χ2n) is 2.07. The fourth-order valence-corrected chi connectivity index (χ4v) is 1.82. The fraction of sp³-hybridized carbons (Fsp3) is 0.125. The Morgan fingerprint density at radius 2 is 2.17 bits per heavy atom. The Hall–Kier alpha value is -0.480. The normalized spacial score (nSPS) is 9.50. The van der Waals surface area contributed by atoms with Crippen LogP contribution < -0.4 is 5.32 Å². The van der Waals surface area contributed by atoms with Crippen LogP contribution in [0.3, 0.4) is 0 Å². The lowest BCUT2D eigenvalue weighted by atomic mass is 10.4.